The summed E-state index contributed by atoms with van der Waals surface area (Å²) in [7, 11) is 0. The molecule has 0 aliphatic rings. The van der Waals surface area contributed by atoms with Crippen molar-refractivity contribution in [3.8, 4) is 45.3 Å². The Morgan fingerprint density at radius 3 is 1.48 bits per heavy atom. The topological polar surface area (TPSA) is 70.5 Å². The number of hydrogen-bond donors (Lipinski definition) is 2. The fraction of sp³-hybridized carbons (Fsp3) is 0. The molecular weight excluding hydrogens is 564 g/mol. The van der Waals surface area contributed by atoms with Gasteiger partial charge in [0.05, 0.1) is 11.4 Å². The van der Waals surface area contributed by atoms with E-state index < -0.39 is 0 Å². The summed E-state index contributed by atoms with van der Waals surface area (Å²) >= 11 is 0. The Bertz CT molecular complexity index is 2380. The maximum atomic E-state index is 6.14. The molecule has 46 heavy (non-hydrogen) atoms. The van der Waals surface area contributed by atoms with Crippen LogP contribution in [0.3, 0.4) is 0 Å². The minimum atomic E-state index is 0.602. The van der Waals surface area contributed by atoms with Crippen LogP contribution in [0, 0.1) is 0 Å². The van der Waals surface area contributed by atoms with Crippen molar-refractivity contribution >= 4 is 43.7 Å². The maximum absolute atomic E-state index is 6.14. The van der Waals surface area contributed by atoms with Crippen LogP contribution in [0.2, 0.25) is 0 Å². The summed E-state index contributed by atoms with van der Waals surface area (Å²) in [5.41, 5.74) is 17.9. The van der Waals surface area contributed by atoms with Gasteiger partial charge in [-0.2, -0.15) is 0 Å². The Labute approximate surface area is 267 Å². The van der Waals surface area contributed by atoms with E-state index in [2.05, 4.69) is 84.9 Å². The molecule has 0 aromatic heterocycles. The molecule has 0 amide bonds. The molecule has 0 aliphatic carbocycles. The van der Waals surface area contributed by atoms with E-state index in [1.807, 2.05) is 72.8 Å². The first-order valence-corrected chi connectivity index (χ1v) is 15.3. The first kappa shape index (κ1) is 27.3. The van der Waals surface area contributed by atoms with Gasteiger partial charge in [-0.3, -0.25) is 0 Å². The highest BCUT2D eigenvalue weighted by atomic mass is 16.5. The van der Waals surface area contributed by atoms with Gasteiger partial charge in [-0.15, -0.1) is 0 Å². The van der Waals surface area contributed by atoms with Crippen LogP contribution in [-0.4, -0.2) is 0 Å². The molecule has 0 bridgehead atoms. The SMILES string of the molecule is Nc1ccccc1Oc1ccc(-c2ccc3c(ccc4c5ccccc5ccc34)c2-c2ccc(Oc3ccccc3N)cc2)cc1. The lowest BCUT2D eigenvalue weighted by atomic mass is 9.87. The maximum Gasteiger partial charge on any atom is 0.150 e. The molecule has 0 fully saturated rings. The molecule has 0 aliphatic heterocycles. The molecule has 4 heteroatoms. The molecule has 220 valence electrons. The fourth-order valence-electron chi connectivity index (χ4n) is 6.25. The van der Waals surface area contributed by atoms with Gasteiger partial charge in [-0.1, -0.05) is 109 Å². The lowest BCUT2D eigenvalue weighted by Crippen LogP contribution is -1.93. The van der Waals surface area contributed by atoms with Gasteiger partial charge in [-0.25, -0.2) is 0 Å². The third-order valence-electron chi connectivity index (χ3n) is 8.52. The van der Waals surface area contributed by atoms with Crippen LogP contribution >= 0.6 is 0 Å². The van der Waals surface area contributed by atoms with E-state index in [0.29, 0.717) is 22.9 Å². The molecule has 0 heterocycles. The quantitative estimate of drug-likeness (QED) is 0.148. The zero-order valence-corrected chi connectivity index (χ0v) is 25.0. The Kier molecular flexibility index (Phi) is 6.73. The van der Waals surface area contributed by atoms with Crippen molar-refractivity contribution < 1.29 is 9.47 Å². The fourth-order valence-corrected chi connectivity index (χ4v) is 6.25. The predicted octanol–water partition coefficient (Wildman–Crippen LogP) is 11.2. The summed E-state index contributed by atoms with van der Waals surface area (Å²) in [5, 5.41) is 7.35. The third-order valence-corrected chi connectivity index (χ3v) is 8.52. The van der Waals surface area contributed by atoms with Crippen molar-refractivity contribution in [2.45, 2.75) is 0 Å². The van der Waals surface area contributed by atoms with Crippen LogP contribution in [-0.2, 0) is 0 Å². The Hall–Kier alpha value is -6.26. The minimum Gasteiger partial charge on any atom is -0.455 e. The minimum absolute atomic E-state index is 0.602. The van der Waals surface area contributed by atoms with Gasteiger partial charge in [0.25, 0.3) is 0 Å². The van der Waals surface area contributed by atoms with E-state index in [1.165, 1.54) is 32.3 Å². The zero-order chi connectivity index (χ0) is 31.0. The summed E-state index contributed by atoms with van der Waals surface area (Å²) < 4.78 is 12.2. The largest absolute Gasteiger partial charge is 0.455 e. The lowest BCUT2D eigenvalue weighted by Gasteiger charge is -2.17. The summed E-state index contributed by atoms with van der Waals surface area (Å²) in [6.45, 7) is 0. The number of hydrogen-bond acceptors (Lipinski definition) is 4. The van der Waals surface area contributed by atoms with Gasteiger partial charge in [-0.05, 0) is 103 Å². The molecule has 8 aromatic rings. The third kappa shape index (κ3) is 4.92. The number of rotatable bonds is 6. The van der Waals surface area contributed by atoms with Crippen molar-refractivity contribution in [2.75, 3.05) is 11.5 Å². The van der Waals surface area contributed by atoms with E-state index in [0.717, 1.165) is 33.8 Å². The van der Waals surface area contributed by atoms with E-state index in [-0.39, 0.29) is 0 Å². The molecule has 0 radical (unpaired) electrons. The van der Waals surface area contributed by atoms with Crippen LogP contribution < -0.4 is 20.9 Å². The average Bonchev–Trinajstić information content (AvgIpc) is 3.10. The first-order chi connectivity index (χ1) is 22.6. The number of nitrogens with two attached hydrogens (primary N) is 2. The molecule has 0 spiro atoms. The van der Waals surface area contributed by atoms with E-state index in [4.69, 9.17) is 20.9 Å². The van der Waals surface area contributed by atoms with Gasteiger partial charge in [0.15, 0.2) is 0 Å². The van der Waals surface area contributed by atoms with Crippen molar-refractivity contribution in [2.24, 2.45) is 0 Å². The zero-order valence-electron chi connectivity index (χ0n) is 25.0. The van der Waals surface area contributed by atoms with Crippen molar-refractivity contribution in [3.63, 3.8) is 0 Å². The Morgan fingerprint density at radius 1 is 0.348 bits per heavy atom. The molecule has 8 aromatic carbocycles. The molecule has 4 nitrogen and oxygen atoms in total. The average molecular weight is 595 g/mol. The van der Waals surface area contributed by atoms with Crippen molar-refractivity contribution in [1.82, 2.24) is 0 Å². The molecule has 0 atom stereocenters. The van der Waals surface area contributed by atoms with Gasteiger partial charge in [0.1, 0.15) is 23.0 Å². The van der Waals surface area contributed by atoms with E-state index >= 15 is 0 Å². The van der Waals surface area contributed by atoms with Crippen molar-refractivity contribution in [1.29, 1.82) is 0 Å². The van der Waals surface area contributed by atoms with Crippen LogP contribution in [0.1, 0.15) is 0 Å². The number of para-hydroxylation sites is 4. The van der Waals surface area contributed by atoms with Crippen LogP contribution in [0.25, 0.3) is 54.6 Å². The highest BCUT2D eigenvalue weighted by Crippen LogP contribution is 2.43. The summed E-state index contributed by atoms with van der Waals surface area (Å²) in [6.07, 6.45) is 0. The standard InChI is InChI=1S/C42H30N2O2/c43-38-9-3-5-11-40(38)45-30-18-13-28(14-19-30)33-23-24-36-35-22-17-27-7-1-2-8-32(27)34(35)25-26-37(36)42(33)29-15-20-31(21-16-29)46-41-12-6-4-10-39(41)44/h1-26H,43-44H2. The summed E-state index contributed by atoms with van der Waals surface area (Å²) in [6, 6.07) is 53.5. The Morgan fingerprint density at radius 2 is 0.826 bits per heavy atom. The van der Waals surface area contributed by atoms with Crippen LogP contribution in [0.4, 0.5) is 11.4 Å². The molecule has 4 N–H and O–H groups in total. The molecule has 0 unspecified atom stereocenters. The van der Waals surface area contributed by atoms with Crippen molar-refractivity contribution in [3.05, 3.63) is 158 Å². The molecule has 8 rings (SSSR count). The van der Waals surface area contributed by atoms with E-state index in [1.54, 1.807) is 0 Å². The molecule has 0 saturated carbocycles. The number of anilines is 2. The number of benzene rings is 8. The molecular formula is C42H30N2O2. The Balaban J connectivity index is 1.26. The predicted molar refractivity (Wildman–Crippen MR) is 192 cm³/mol. The second-order valence-corrected chi connectivity index (χ2v) is 11.4. The van der Waals surface area contributed by atoms with Gasteiger partial charge in [0.2, 0.25) is 0 Å². The smallest absolute Gasteiger partial charge is 0.150 e. The summed E-state index contributed by atoms with van der Waals surface area (Å²) in [5.74, 6) is 2.73. The highest BCUT2D eigenvalue weighted by molar-refractivity contribution is 6.20. The second kappa shape index (κ2) is 11.3. The number of nitrogen functional groups attached to an aromatic ring is 2. The lowest BCUT2D eigenvalue weighted by molar-refractivity contribution is 0.485. The first-order valence-electron chi connectivity index (χ1n) is 15.3. The van der Waals surface area contributed by atoms with Gasteiger partial charge in [0, 0.05) is 0 Å². The summed E-state index contributed by atoms with van der Waals surface area (Å²) in [4.78, 5) is 0. The van der Waals surface area contributed by atoms with Gasteiger partial charge >= 0.3 is 0 Å². The van der Waals surface area contributed by atoms with Crippen LogP contribution in [0.15, 0.2) is 158 Å². The normalized spacial score (nSPS) is 11.2. The second-order valence-electron chi connectivity index (χ2n) is 11.4. The number of ether oxygens (including phenoxy) is 2. The van der Waals surface area contributed by atoms with Gasteiger partial charge < -0.3 is 20.9 Å². The highest BCUT2D eigenvalue weighted by Gasteiger charge is 2.15. The monoisotopic (exact) mass is 594 g/mol. The molecule has 0 saturated heterocycles. The number of fused-ring (bicyclic) bond motifs is 5. The van der Waals surface area contributed by atoms with E-state index in [9.17, 15) is 0 Å². The van der Waals surface area contributed by atoms with Crippen LogP contribution in [0.5, 0.6) is 23.0 Å².